The van der Waals surface area contributed by atoms with Crippen LogP contribution >= 0.6 is 0 Å². The molecule has 0 aliphatic heterocycles. The number of carboxylic acid groups (broad SMARTS) is 1. The summed E-state index contributed by atoms with van der Waals surface area (Å²) in [4.78, 5) is 21.2. The van der Waals surface area contributed by atoms with Crippen LogP contribution in [0.5, 0.6) is 0 Å². The zero-order valence-electron chi connectivity index (χ0n) is 7.50. The van der Waals surface area contributed by atoms with Crippen LogP contribution in [0.25, 0.3) is 0 Å². The van der Waals surface area contributed by atoms with Crippen molar-refractivity contribution in [3.05, 3.63) is 34.4 Å². The van der Waals surface area contributed by atoms with Gasteiger partial charge in [0.05, 0.1) is 5.56 Å². The summed E-state index contributed by atoms with van der Waals surface area (Å²) in [5.74, 6) is -0.969. The lowest BCUT2D eigenvalue weighted by Crippen LogP contribution is -2.00. The van der Waals surface area contributed by atoms with Crippen LogP contribution in [0.1, 0.15) is 31.8 Å². The number of benzene rings is 1. The molecule has 0 aliphatic rings. The first-order valence-corrected chi connectivity index (χ1v) is 3.86. The summed E-state index contributed by atoms with van der Waals surface area (Å²) in [7, 11) is 0. The highest BCUT2D eigenvalue weighted by molar-refractivity contribution is 5.90. The summed E-state index contributed by atoms with van der Waals surface area (Å²) < 4.78 is 0. The van der Waals surface area contributed by atoms with Crippen molar-refractivity contribution in [3.63, 3.8) is 0 Å². The Balaban J connectivity index is 3.36. The van der Waals surface area contributed by atoms with Gasteiger partial charge in [-0.15, -0.1) is 0 Å². The number of carboxylic acids is 1. The van der Waals surface area contributed by atoms with E-state index in [0.717, 1.165) is 6.29 Å². The number of aryl methyl sites for hydroxylation is 2. The number of aldehydes is 1. The molecule has 1 aromatic carbocycles. The topological polar surface area (TPSA) is 54.4 Å². The van der Waals surface area contributed by atoms with E-state index in [1.807, 2.05) is 0 Å². The summed E-state index contributed by atoms with van der Waals surface area (Å²) >= 11 is 0. The molecule has 0 unspecified atom stereocenters. The lowest BCUT2D eigenvalue weighted by atomic mass is 10.0. The van der Waals surface area contributed by atoms with E-state index in [1.54, 1.807) is 13.8 Å². The van der Waals surface area contributed by atoms with E-state index in [0.29, 0.717) is 16.7 Å². The van der Waals surface area contributed by atoms with Crippen LogP contribution in [0.15, 0.2) is 12.1 Å². The lowest BCUT2D eigenvalue weighted by molar-refractivity contribution is 0.0696. The summed E-state index contributed by atoms with van der Waals surface area (Å²) in [6.45, 7) is 3.45. The molecular weight excluding hydrogens is 168 g/mol. The SMILES string of the molecule is Cc1cc(C(=O)O)cc(C)c1C=O. The molecule has 3 heteroatoms. The number of rotatable bonds is 2. The zero-order valence-corrected chi connectivity index (χ0v) is 7.50. The van der Waals surface area contributed by atoms with Gasteiger partial charge in [0.2, 0.25) is 0 Å². The van der Waals surface area contributed by atoms with Crippen LogP contribution in [-0.4, -0.2) is 17.4 Å². The van der Waals surface area contributed by atoms with Gasteiger partial charge in [0, 0.05) is 5.56 Å². The van der Waals surface area contributed by atoms with Gasteiger partial charge in [-0.1, -0.05) is 0 Å². The van der Waals surface area contributed by atoms with Crippen LogP contribution in [-0.2, 0) is 0 Å². The molecule has 1 rings (SSSR count). The van der Waals surface area contributed by atoms with Crippen molar-refractivity contribution in [3.8, 4) is 0 Å². The van der Waals surface area contributed by atoms with E-state index in [-0.39, 0.29) is 5.56 Å². The minimum Gasteiger partial charge on any atom is -0.478 e. The Morgan fingerprint density at radius 3 is 2.08 bits per heavy atom. The molecule has 1 aromatic rings. The van der Waals surface area contributed by atoms with Crippen molar-refractivity contribution < 1.29 is 14.7 Å². The first-order chi connectivity index (χ1) is 6.06. The third-order valence-corrected chi connectivity index (χ3v) is 1.96. The van der Waals surface area contributed by atoms with Crippen LogP contribution in [0, 0.1) is 13.8 Å². The minimum absolute atomic E-state index is 0.223. The quantitative estimate of drug-likeness (QED) is 0.702. The predicted molar refractivity (Wildman–Crippen MR) is 48.3 cm³/mol. The highest BCUT2D eigenvalue weighted by Crippen LogP contribution is 2.14. The van der Waals surface area contributed by atoms with E-state index in [4.69, 9.17) is 5.11 Å². The van der Waals surface area contributed by atoms with Crippen LogP contribution in [0.2, 0.25) is 0 Å². The van der Waals surface area contributed by atoms with Gasteiger partial charge < -0.3 is 5.11 Å². The van der Waals surface area contributed by atoms with E-state index in [2.05, 4.69) is 0 Å². The van der Waals surface area contributed by atoms with Gasteiger partial charge >= 0.3 is 5.97 Å². The Kier molecular flexibility index (Phi) is 2.46. The molecule has 0 radical (unpaired) electrons. The van der Waals surface area contributed by atoms with E-state index < -0.39 is 5.97 Å². The first kappa shape index (κ1) is 9.45. The maximum atomic E-state index is 10.6. The van der Waals surface area contributed by atoms with Crippen molar-refractivity contribution >= 4 is 12.3 Å². The van der Waals surface area contributed by atoms with E-state index in [9.17, 15) is 9.59 Å². The van der Waals surface area contributed by atoms with E-state index in [1.165, 1.54) is 12.1 Å². The fourth-order valence-corrected chi connectivity index (χ4v) is 1.28. The zero-order chi connectivity index (χ0) is 10.0. The molecule has 13 heavy (non-hydrogen) atoms. The van der Waals surface area contributed by atoms with Gasteiger partial charge in [0.25, 0.3) is 0 Å². The molecule has 68 valence electrons. The third-order valence-electron chi connectivity index (χ3n) is 1.96. The van der Waals surface area contributed by atoms with Crippen molar-refractivity contribution in [2.24, 2.45) is 0 Å². The normalized spacial score (nSPS) is 9.69. The molecule has 0 bridgehead atoms. The molecule has 0 aliphatic carbocycles. The maximum Gasteiger partial charge on any atom is 0.335 e. The average Bonchev–Trinajstić information content (AvgIpc) is 2.03. The van der Waals surface area contributed by atoms with Crippen LogP contribution in [0.3, 0.4) is 0 Å². The van der Waals surface area contributed by atoms with Gasteiger partial charge in [-0.2, -0.15) is 0 Å². The minimum atomic E-state index is -0.969. The molecular formula is C10H10O3. The molecule has 0 saturated heterocycles. The average molecular weight is 178 g/mol. The van der Waals surface area contributed by atoms with Gasteiger partial charge in [-0.3, -0.25) is 4.79 Å². The standard InChI is InChI=1S/C10H10O3/c1-6-3-8(10(12)13)4-7(2)9(6)5-11/h3-5H,1-2H3,(H,12,13). The Morgan fingerprint density at radius 2 is 1.77 bits per heavy atom. The second kappa shape index (κ2) is 3.39. The number of carbonyl (C=O) groups excluding carboxylic acids is 1. The predicted octanol–water partition coefficient (Wildman–Crippen LogP) is 1.81. The summed E-state index contributed by atoms with van der Waals surface area (Å²) in [5, 5.41) is 8.71. The van der Waals surface area contributed by atoms with Crippen molar-refractivity contribution in [2.45, 2.75) is 13.8 Å². The Bertz CT molecular complexity index is 343. The highest BCUT2D eigenvalue weighted by Gasteiger charge is 2.08. The fraction of sp³-hybridized carbons (Fsp3) is 0.200. The largest absolute Gasteiger partial charge is 0.478 e. The Labute approximate surface area is 76.0 Å². The second-order valence-electron chi connectivity index (χ2n) is 2.95. The molecule has 0 spiro atoms. The molecule has 0 fully saturated rings. The van der Waals surface area contributed by atoms with Crippen molar-refractivity contribution in [1.82, 2.24) is 0 Å². The molecule has 0 heterocycles. The maximum absolute atomic E-state index is 10.6. The van der Waals surface area contributed by atoms with Gasteiger partial charge in [-0.25, -0.2) is 4.79 Å². The first-order valence-electron chi connectivity index (χ1n) is 3.86. The number of hydrogen-bond donors (Lipinski definition) is 1. The van der Waals surface area contributed by atoms with Gasteiger partial charge in [0.1, 0.15) is 0 Å². The van der Waals surface area contributed by atoms with Crippen molar-refractivity contribution in [2.75, 3.05) is 0 Å². The van der Waals surface area contributed by atoms with Crippen LogP contribution < -0.4 is 0 Å². The van der Waals surface area contributed by atoms with Gasteiger partial charge in [0.15, 0.2) is 6.29 Å². The summed E-state index contributed by atoms with van der Waals surface area (Å²) in [5.41, 5.74) is 2.20. The smallest absolute Gasteiger partial charge is 0.335 e. The number of aromatic carboxylic acids is 1. The lowest BCUT2D eigenvalue weighted by Gasteiger charge is -2.04. The number of hydrogen-bond acceptors (Lipinski definition) is 2. The third kappa shape index (κ3) is 1.75. The number of carbonyl (C=O) groups is 2. The molecule has 0 atom stereocenters. The second-order valence-corrected chi connectivity index (χ2v) is 2.95. The summed E-state index contributed by atoms with van der Waals surface area (Å²) in [6, 6.07) is 3.00. The molecule has 0 aromatic heterocycles. The molecule has 1 N–H and O–H groups in total. The Morgan fingerprint density at radius 1 is 1.31 bits per heavy atom. The van der Waals surface area contributed by atoms with Gasteiger partial charge in [-0.05, 0) is 37.1 Å². The monoisotopic (exact) mass is 178 g/mol. The summed E-state index contributed by atoms with van der Waals surface area (Å²) in [6.07, 6.45) is 0.746. The fourth-order valence-electron chi connectivity index (χ4n) is 1.28. The highest BCUT2D eigenvalue weighted by atomic mass is 16.4. The van der Waals surface area contributed by atoms with Crippen molar-refractivity contribution in [1.29, 1.82) is 0 Å². The van der Waals surface area contributed by atoms with Crippen LogP contribution in [0.4, 0.5) is 0 Å². The Hall–Kier alpha value is -1.64. The molecule has 0 saturated carbocycles. The molecule has 0 amide bonds. The van der Waals surface area contributed by atoms with E-state index >= 15 is 0 Å². The molecule has 3 nitrogen and oxygen atoms in total.